The van der Waals surface area contributed by atoms with Gasteiger partial charge in [0.25, 0.3) is 5.91 Å². The fourth-order valence-corrected chi connectivity index (χ4v) is 4.38. The van der Waals surface area contributed by atoms with Crippen LogP contribution >= 0.6 is 0 Å². The number of benzene rings is 2. The Kier molecular flexibility index (Phi) is 8.93. The lowest BCUT2D eigenvalue weighted by Crippen LogP contribution is -3.12. The molecule has 0 aromatic heterocycles. The summed E-state index contributed by atoms with van der Waals surface area (Å²) in [5.41, 5.74) is 2.03. The Morgan fingerprint density at radius 1 is 1.03 bits per heavy atom. The summed E-state index contributed by atoms with van der Waals surface area (Å²) in [5, 5.41) is 13.6. The highest BCUT2D eigenvalue weighted by Crippen LogP contribution is 2.41. The van der Waals surface area contributed by atoms with E-state index in [4.69, 9.17) is 9.47 Å². The van der Waals surface area contributed by atoms with Crippen LogP contribution in [0.3, 0.4) is 0 Å². The number of hydrogen-bond donors (Lipinski definition) is 1. The number of likely N-dealkylation sites (tertiary alicyclic amines) is 1. The second-order valence-corrected chi connectivity index (χ2v) is 8.80. The van der Waals surface area contributed by atoms with E-state index in [0.29, 0.717) is 42.3 Å². The van der Waals surface area contributed by atoms with Crippen molar-refractivity contribution in [3.63, 3.8) is 0 Å². The Morgan fingerprint density at radius 2 is 1.71 bits per heavy atom. The van der Waals surface area contributed by atoms with Gasteiger partial charge in [0.1, 0.15) is 0 Å². The van der Waals surface area contributed by atoms with Crippen LogP contribution in [-0.4, -0.2) is 56.5 Å². The van der Waals surface area contributed by atoms with Crippen molar-refractivity contribution in [3.8, 4) is 11.5 Å². The van der Waals surface area contributed by atoms with Gasteiger partial charge in [-0.15, -0.1) is 0 Å². The molecule has 2 aromatic carbocycles. The molecule has 1 fully saturated rings. The third-order valence-corrected chi connectivity index (χ3v) is 6.51. The molecule has 7 nitrogen and oxygen atoms in total. The molecule has 1 unspecified atom stereocenters. The Morgan fingerprint density at radius 3 is 2.31 bits per heavy atom. The van der Waals surface area contributed by atoms with Crippen molar-refractivity contribution in [2.45, 2.75) is 40.2 Å². The minimum absolute atomic E-state index is 0.0160. The quantitative estimate of drug-likeness (QED) is 0.302. The fourth-order valence-electron chi connectivity index (χ4n) is 4.38. The summed E-state index contributed by atoms with van der Waals surface area (Å²) in [6.07, 6.45) is 0.848. The highest BCUT2D eigenvalue weighted by molar-refractivity contribution is 6.46. The molecule has 1 heterocycles. The van der Waals surface area contributed by atoms with Crippen molar-refractivity contribution in [1.29, 1.82) is 0 Å². The summed E-state index contributed by atoms with van der Waals surface area (Å²) in [6.45, 7) is 11.5. The zero-order chi connectivity index (χ0) is 25.5. The van der Waals surface area contributed by atoms with Crippen molar-refractivity contribution >= 4 is 17.4 Å². The second kappa shape index (κ2) is 11.9. The van der Waals surface area contributed by atoms with Gasteiger partial charge in [-0.2, -0.15) is 0 Å². The first-order chi connectivity index (χ1) is 16.9. The van der Waals surface area contributed by atoms with Gasteiger partial charge in [-0.3, -0.25) is 9.59 Å². The summed E-state index contributed by atoms with van der Waals surface area (Å²) in [7, 11) is 1.55. The van der Waals surface area contributed by atoms with E-state index in [1.165, 1.54) is 9.80 Å². The number of ketones is 1. The zero-order valence-electron chi connectivity index (χ0n) is 21.3. The highest BCUT2D eigenvalue weighted by Gasteiger charge is 2.44. The molecule has 1 amide bonds. The maximum absolute atomic E-state index is 13.6. The van der Waals surface area contributed by atoms with E-state index in [0.717, 1.165) is 25.1 Å². The molecule has 2 aromatic rings. The third-order valence-electron chi connectivity index (χ3n) is 6.51. The summed E-state index contributed by atoms with van der Waals surface area (Å²) in [4.78, 5) is 29.2. The smallest absolute Gasteiger partial charge is 0.295 e. The molecule has 35 heavy (non-hydrogen) atoms. The highest BCUT2D eigenvalue weighted by atomic mass is 16.5. The molecule has 7 heteroatoms. The molecule has 0 radical (unpaired) electrons. The van der Waals surface area contributed by atoms with Crippen LogP contribution in [0, 0.1) is 6.92 Å². The van der Waals surface area contributed by atoms with Crippen molar-refractivity contribution in [3.05, 3.63) is 64.7 Å². The molecule has 0 saturated carbocycles. The van der Waals surface area contributed by atoms with Crippen molar-refractivity contribution in [1.82, 2.24) is 4.90 Å². The molecular weight excluding hydrogens is 444 g/mol. The molecule has 0 bridgehead atoms. The van der Waals surface area contributed by atoms with Gasteiger partial charge in [0, 0.05) is 5.57 Å². The predicted octanol–water partition coefficient (Wildman–Crippen LogP) is 1.94. The minimum atomic E-state index is -0.784. The second-order valence-electron chi connectivity index (χ2n) is 8.80. The number of hydrogen-bond acceptors (Lipinski definition) is 5. The van der Waals surface area contributed by atoms with Gasteiger partial charge in [-0.1, -0.05) is 48.6 Å². The monoisotopic (exact) mass is 480 g/mol. The summed E-state index contributed by atoms with van der Waals surface area (Å²) >= 11 is 0. The summed E-state index contributed by atoms with van der Waals surface area (Å²) in [6, 6.07) is 11.6. The predicted molar refractivity (Wildman–Crippen MR) is 133 cm³/mol. The summed E-state index contributed by atoms with van der Waals surface area (Å²) in [5.74, 6) is -0.711. The number of carbonyl (C=O) groups excluding carboxylic acids is 2. The maximum Gasteiger partial charge on any atom is 0.295 e. The van der Waals surface area contributed by atoms with Gasteiger partial charge < -0.3 is 24.4 Å². The number of carbonyl (C=O) groups is 2. The first-order valence-corrected chi connectivity index (χ1v) is 12.3. The average Bonchev–Trinajstić information content (AvgIpc) is 3.13. The molecule has 1 aliphatic heterocycles. The van der Waals surface area contributed by atoms with Crippen LogP contribution in [0.25, 0.3) is 5.76 Å². The van der Waals surface area contributed by atoms with E-state index in [2.05, 4.69) is 13.8 Å². The van der Waals surface area contributed by atoms with Crippen molar-refractivity contribution in [2.24, 2.45) is 0 Å². The van der Waals surface area contributed by atoms with Gasteiger partial charge in [0.05, 0.1) is 45.9 Å². The van der Waals surface area contributed by atoms with Gasteiger partial charge >= 0.3 is 0 Å². The van der Waals surface area contributed by atoms with E-state index >= 15 is 0 Å². The number of nitrogens with zero attached hydrogens (tertiary/aromatic N) is 1. The number of nitrogens with one attached hydrogen (secondary N) is 1. The molecule has 3 rings (SSSR count). The van der Waals surface area contributed by atoms with Crippen LogP contribution in [0.2, 0.25) is 0 Å². The SMILES string of the molecule is CCCOc1ccc(C2/C(=C(\[O-])c3ccc(C)cc3)C(=O)C(=O)N2CC[NH+](CC)CC)cc1OC. The largest absolute Gasteiger partial charge is 0.872 e. The van der Waals surface area contributed by atoms with Crippen LogP contribution < -0.4 is 19.5 Å². The van der Waals surface area contributed by atoms with Crippen molar-refractivity contribution < 1.29 is 29.1 Å². The Bertz CT molecular complexity index is 1070. The normalized spacial score (nSPS) is 17.3. The zero-order valence-corrected chi connectivity index (χ0v) is 21.3. The number of likely N-dealkylation sites (N-methyl/N-ethyl adjacent to an activating group) is 1. The van der Waals surface area contributed by atoms with Gasteiger partial charge in [-0.25, -0.2) is 0 Å². The number of rotatable bonds is 11. The number of amides is 1. The molecule has 1 saturated heterocycles. The average molecular weight is 481 g/mol. The fraction of sp³-hybridized carbons (Fsp3) is 0.429. The molecule has 1 aliphatic rings. The molecule has 0 aliphatic carbocycles. The van der Waals surface area contributed by atoms with Gasteiger partial charge in [0.15, 0.2) is 11.5 Å². The van der Waals surface area contributed by atoms with E-state index in [1.807, 2.05) is 32.0 Å². The Labute approximate surface area is 207 Å². The maximum atomic E-state index is 13.6. The van der Waals surface area contributed by atoms with Gasteiger partial charge in [0.2, 0.25) is 5.78 Å². The van der Waals surface area contributed by atoms with Crippen molar-refractivity contribution in [2.75, 3.05) is 39.9 Å². The number of aryl methyl sites for hydroxylation is 1. The lowest BCUT2D eigenvalue weighted by atomic mass is 9.94. The lowest BCUT2D eigenvalue weighted by Gasteiger charge is -2.29. The van der Waals surface area contributed by atoms with E-state index in [1.54, 1.807) is 31.4 Å². The minimum Gasteiger partial charge on any atom is -0.872 e. The number of Topliss-reactive ketones (excluding diaryl/α,β-unsaturated/α-hetero) is 1. The van der Waals surface area contributed by atoms with E-state index in [-0.39, 0.29) is 5.57 Å². The lowest BCUT2D eigenvalue weighted by molar-refractivity contribution is -0.895. The Balaban J connectivity index is 2.12. The van der Waals surface area contributed by atoms with Crippen LogP contribution in [-0.2, 0) is 9.59 Å². The molecule has 0 spiro atoms. The molecule has 188 valence electrons. The summed E-state index contributed by atoms with van der Waals surface area (Å²) < 4.78 is 11.3. The number of ether oxygens (including phenoxy) is 2. The van der Waals surface area contributed by atoms with E-state index in [9.17, 15) is 14.7 Å². The molecule has 1 atom stereocenters. The Hall–Kier alpha value is -3.32. The van der Waals surface area contributed by atoms with Crippen LogP contribution in [0.15, 0.2) is 48.0 Å². The molecule has 1 N–H and O–H groups in total. The topological polar surface area (TPSA) is 83.3 Å². The standard InChI is InChI=1S/C28H36N2O5/c1-6-17-35-22-14-13-21(18-23(22)34-5)25-24(26(31)20-11-9-19(4)10-12-20)27(32)28(33)30(25)16-15-29(7-2)8-3/h9-14,18,25,31H,6-8,15-17H2,1-5H3/b26-24+. The first-order valence-electron chi connectivity index (χ1n) is 12.3. The van der Waals surface area contributed by atoms with Crippen LogP contribution in [0.5, 0.6) is 11.5 Å². The molecular formula is C28H36N2O5. The van der Waals surface area contributed by atoms with Crippen LogP contribution in [0.1, 0.15) is 49.9 Å². The van der Waals surface area contributed by atoms with Crippen LogP contribution in [0.4, 0.5) is 0 Å². The first kappa shape index (κ1) is 26.3. The van der Waals surface area contributed by atoms with Gasteiger partial charge in [-0.05, 0) is 50.5 Å². The third kappa shape index (κ3) is 5.68. The number of quaternary nitrogens is 1. The van der Waals surface area contributed by atoms with E-state index < -0.39 is 23.5 Å². The number of methoxy groups -OCH3 is 1.